The molecule has 2 bridgehead atoms. The van der Waals surface area contributed by atoms with Gasteiger partial charge in [0.15, 0.2) is 5.78 Å². The third-order valence-electron chi connectivity index (χ3n) is 7.95. The molecule has 1 amide bonds. The van der Waals surface area contributed by atoms with E-state index in [2.05, 4.69) is 16.8 Å². The number of hydrogen-bond donors (Lipinski definition) is 1. The van der Waals surface area contributed by atoms with Gasteiger partial charge in [0.1, 0.15) is 5.82 Å². The summed E-state index contributed by atoms with van der Waals surface area (Å²) in [6.07, 6.45) is 8.66. The molecule has 1 aromatic heterocycles. The third-order valence-corrected chi connectivity index (χ3v) is 7.95. The van der Waals surface area contributed by atoms with E-state index in [4.69, 9.17) is 4.98 Å². The number of hydrogen-bond acceptors (Lipinski definition) is 5. The number of piperidine rings is 2. The minimum Gasteiger partial charge on any atom is -0.465 e. The molecular formula is C26H40N4O3. The number of pyridine rings is 1. The Morgan fingerprint density at radius 3 is 2.24 bits per heavy atom. The molecule has 1 aromatic rings. The molecule has 182 valence electrons. The lowest BCUT2D eigenvalue weighted by atomic mass is 9.90. The normalized spacial score (nSPS) is 26.4. The Morgan fingerprint density at radius 1 is 1.09 bits per heavy atom. The van der Waals surface area contributed by atoms with Gasteiger partial charge in [0.05, 0.1) is 0 Å². The van der Waals surface area contributed by atoms with Crippen LogP contribution in [0.5, 0.6) is 0 Å². The number of carbonyl (C=O) groups is 2. The van der Waals surface area contributed by atoms with Crippen molar-refractivity contribution < 1.29 is 14.7 Å². The smallest absolute Gasteiger partial charge is 0.407 e. The maximum Gasteiger partial charge on any atom is 0.407 e. The van der Waals surface area contributed by atoms with Crippen LogP contribution in [-0.4, -0.2) is 75.6 Å². The van der Waals surface area contributed by atoms with Gasteiger partial charge in [-0.05, 0) is 104 Å². The first kappa shape index (κ1) is 24.0. The summed E-state index contributed by atoms with van der Waals surface area (Å²) >= 11 is 0. The molecule has 3 aliphatic heterocycles. The van der Waals surface area contributed by atoms with Crippen molar-refractivity contribution in [1.82, 2.24) is 14.8 Å². The Labute approximate surface area is 198 Å². The van der Waals surface area contributed by atoms with Gasteiger partial charge in [-0.15, -0.1) is 0 Å². The summed E-state index contributed by atoms with van der Waals surface area (Å²) in [5.41, 5.74) is 0.296. The fourth-order valence-electron chi connectivity index (χ4n) is 6.26. The number of carboxylic acid groups (broad SMARTS) is 1. The number of anilines is 1. The Bertz CT molecular complexity index is 828. The molecule has 33 heavy (non-hydrogen) atoms. The molecule has 3 atom stereocenters. The summed E-state index contributed by atoms with van der Waals surface area (Å²) in [5, 5.41) is 9.82. The molecule has 7 heteroatoms. The predicted molar refractivity (Wildman–Crippen MR) is 130 cm³/mol. The molecule has 4 rings (SSSR count). The second-order valence-corrected chi connectivity index (χ2v) is 11.4. The molecule has 0 spiro atoms. The highest BCUT2D eigenvalue weighted by atomic mass is 16.4. The highest BCUT2D eigenvalue weighted by Gasteiger charge is 2.46. The van der Waals surface area contributed by atoms with Crippen LogP contribution < -0.4 is 4.90 Å². The van der Waals surface area contributed by atoms with Gasteiger partial charge in [-0.2, -0.15) is 0 Å². The first-order valence-corrected chi connectivity index (χ1v) is 12.6. The predicted octanol–water partition coefficient (Wildman–Crippen LogP) is 4.66. The molecule has 7 nitrogen and oxygen atoms in total. The van der Waals surface area contributed by atoms with Crippen molar-refractivity contribution >= 4 is 17.7 Å². The molecule has 4 heterocycles. The molecule has 0 radical (unpaired) electrons. The average Bonchev–Trinajstić information content (AvgIpc) is 3.02. The molecule has 3 saturated heterocycles. The van der Waals surface area contributed by atoms with Crippen molar-refractivity contribution in [2.45, 2.75) is 95.8 Å². The second-order valence-electron chi connectivity index (χ2n) is 11.4. The summed E-state index contributed by atoms with van der Waals surface area (Å²) in [4.78, 5) is 35.8. The van der Waals surface area contributed by atoms with Crippen LogP contribution in [0.15, 0.2) is 18.3 Å². The maximum absolute atomic E-state index is 12.7. The van der Waals surface area contributed by atoms with Crippen molar-refractivity contribution in [2.24, 2.45) is 5.92 Å². The van der Waals surface area contributed by atoms with E-state index in [1.165, 1.54) is 12.8 Å². The van der Waals surface area contributed by atoms with Crippen molar-refractivity contribution in [2.75, 3.05) is 25.0 Å². The number of amides is 1. The van der Waals surface area contributed by atoms with Crippen molar-refractivity contribution in [3.8, 4) is 0 Å². The third kappa shape index (κ3) is 5.34. The molecular weight excluding hydrogens is 416 g/mol. The number of Topliss-reactive ketones (excluding diaryl/α,β-unsaturated/α-hetero) is 1. The van der Waals surface area contributed by atoms with Gasteiger partial charge in [-0.3, -0.25) is 4.79 Å². The fraction of sp³-hybridized carbons (Fsp3) is 0.731. The highest BCUT2D eigenvalue weighted by molar-refractivity contribution is 5.95. The average molecular weight is 457 g/mol. The van der Waals surface area contributed by atoms with Crippen LogP contribution in [0, 0.1) is 5.92 Å². The first-order chi connectivity index (χ1) is 15.6. The summed E-state index contributed by atoms with van der Waals surface area (Å²) in [6, 6.07) is 4.57. The van der Waals surface area contributed by atoms with Crippen molar-refractivity contribution in [1.29, 1.82) is 0 Å². The van der Waals surface area contributed by atoms with Crippen LogP contribution in [0.3, 0.4) is 0 Å². The summed E-state index contributed by atoms with van der Waals surface area (Å²) in [5.74, 6) is 1.77. The number of likely N-dealkylation sites (tertiary alicyclic amines) is 1. The summed E-state index contributed by atoms with van der Waals surface area (Å²) < 4.78 is 0. The second kappa shape index (κ2) is 9.61. The van der Waals surface area contributed by atoms with E-state index in [9.17, 15) is 14.7 Å². The van der Waals surface area contributed by atoms with Gasteiger partial charge >= 0.3 is 6.09 Å². The Kier molecular flexibility index (Phi) is 6.99. The van der Waals surface area contributed by atoms with Crippen LogP contribution in [0.25, 0.3) is 0 Å². The molecule has 0 unspecified atom stereocenters. The van der Waals surface area contributed by atoms with Gasteiger partial charge < -0.3 is 19.8 Å². The zero-order chi connectivity index (χ0) is 23.8. The minimum atomic E-state index is -0.832. The van der Waals surface area contributed by atoms with Gasteiger partial charge in [-0.25, -0.2) is 9.78 Å². The van der Waals surface area contributed by atoms with Gasteiger partial charge in [0, 0.05) is 41.8 Å². The molecule has 0 aliphatic carbocycles. The number of fused-ring (bicyclic) bond motifs is 2. The van der Waals surface area contributed by atoms with Gasteiger partial charge in [0.25, 0.3) is 0 Å². The number of aromatic nitrogens is 1. The summed E-state index contributed by atoms with van der Waals surface area (Å²) in [7, 11) is 2.16. The van der Waals surface area contributed by atoms with Crippen molar-refractivity contribution in [3.05, 3.63) is 23.9 Å². The molecule has 0 aromatic carbocycles. The fourth-order valence-corrected chi connectivity index (χ4v) is 6.26. The largest absolute Gasteiger partial charge is 0.465 e. The van der Waals surface area contributed by atoms with E-state index < -0.39 is 11.6 Å². The Balaban J connectivity index is 1.36. The van der Waals surface area contributed by atoms with E-state index in [1.807, 2.05) is 32.9 Å². The zero-order valence-corrected chi connectivity index (χ0v) is 20.7. The Morgan fingerprint density at radius 2 is 1.73 bits per heavy atom. The number of carbonyl (C=O) groups excluding carboxylic acids is 1. The van der Waals surface area contributed by atoms with E-state index >= 15 is 0 Å². The van der Waals surface area contributed by atoms with Crippen LogP contribution in [0.1, 0.15) is 82.5 Å². The van der Waals surface area contributed by atoms with E-state index in [-0.39, 0.29) is 11.8 Å². The summed E-state index contributed by atoms with van der Waals surface area (Å²) in [6.45, 7) is 8.18. The maximum atomic E-state index is 12.7. The lowest BCUT2D eigenvalue weighted by Crippen LogP contribution is -2.57. The van der Waals surface area contributed by atoms with Crippen LogP contribution >= 0.6 is 0 Å². The highest BCUT2D eigenvalue weighted by Crippen LogP contribution is 2.41. The van der Waals surface area contributed by atoms with Crippen LogP contribution in [-0.2, 0) is 0 Å². The standard InChI is InChI=1S/C26H40N4O3/c1-26(2,3)30(25(32)33)22-15-20-7-8-21(16-22)29(20)24-10-6-19(17-27-24)23(31)9-5-18-11-13-28(4)14-12-18/h6,10,17-18,20-22H,5,7-9,11-16H2,1-4H3,(H,32,33)/t20-,21+,22+. The number of ketones is 1. The molecule has 3 aliphatic rings. The zero-order valence-electron chi connectivity index (χ0n) is 20.7. The van der Waals surface area contributed by atoms with E-state index in [1.54, 1.807) is 11.1 Å². The monoisotopic (exact) mass is 456 g/mol. The van der Waals surface area contributed by atoms with Crippen molar-refractivity contribution in [3.63, 3.8) is 0 Å². The molecule has 1 N–H and O–H groups in total. The van der Waals surface area contributed by atoms with E-state index in [0.717, 1.165) is 51.0 Å². The first-order valence-electron chi connectivity index (χ1n) is 12.6. The Hall–Kier alpha value is -2.15. The molecule has 3 fully saturated rings. The lowest BCUT2D eigenvalue weighted by molar-refractivity contribution is 0.0558. The topological polar surface area (TPSA) is 77.0 Å². The lowest BCUT2D eigenvalue weighted by Gasteiger charge is -2.47. The van der Waals surface area contributed by atoms with Crippen LogP contribution in [0.4, 0.5) is 10.6 Å². The van der Waals surface area contributed by atoms with E-state index in [0.29, 0.717) is 30.0 Å². The minimum absolute atomic E-state index is 0.0386. The number of rotatable bonds is 6. The van der Waals surface area contributed by atoms with Gasteiger partial charge in [-0.1, -0.05) is 0 Å². The number of nitrogens with zero attached hydrogens (tertiary/aromatic N) is 4. The quantitative estimate of drug-likeness (QED) is 0.627. The molecule has 0 saturated carbocycles. The van der Waals surface area contributed by atoms with Gasteiger partial charge in [0.2, 0.25) is 0 Å². The van der Waals surface area contributed by atoms with Crippen LogP contribution in [0.2, 0.25) is 0 Å². The SMILES string of the molecule is CN1CCC(CCC(=O)c2ccc(N3[C@@H]4CC[C@H]3C[C@@H](N(C(=O)O)C(C)(C)C)C4)nc2)CC1.